The Hall–Kier alpha value is -2.16. The Morgan fingerprint density at radius 2 is 2.05 bits per heavy atom. The zero-order valence-electron chi connectivity index (χ0n) is 12.8. The van der Waals surface area contributed by atoms with Gasteiger partial charge in [0.05, 0.1) is 0 Å². The maximum atomic E-state index is 9.93. The summed E-state index contributed by atoms with van der Waals surface area (Å²) in [7, 11) is 0. The van der Waals surface area contributed by atoms with E-state index in [-0.39, 0.29) is 17.4 Å². The third kappa shape index (κ3) is 2.89. The quantitative estimate of drug-likeness (QED) is 0.650. The van der Waals surface area contributed by atoms with E-state index in [4.69, 9.17) is 0 Å². The van der Waals surface area contributed by atoms with Gasteiger partial charge in [0.25, 0.3) is 0 Å². The predicted molar refractivity (Wildman–Crippen MR) is 89.9 cm³/mol. The van der Waals surface area contributed by atoms with Crippen molar-refractivity contribution in [1.29, 1.82) is 0 Å². The van der Waals surface area contributed by atoms with Crippen molar-refractivity contribution in [2.24, 2.45) is 0 Å². The lowest BCUT2D eigenvalue weighted by Gasteiger charge is -2.28. The average Bonchev–Trinajstić information content (AvgIpc) is 2.70. The highest BCUT2D eigenvalue weighted by Crippen LogP contribution is 2.40. The summed E-state index contributed by atoms with van der Waals surface area (Å²) in [6, 6.07) is 3.39. The summed E-state index contributed by atoms with van der Waals surface area (Å²) < 4.78 is 0. The van der Waals surface area contributed by atoms with E-state index in [1.807, 2.05) is 12.2 Å². The molecule has 0 saturated carbocycles. The SMILES string of the molecule is C=CCN1C=Cc2cc(O)c(O)cc2C(C2=CCCCC2)C1. The van der Waals surface area contributed by atoms with Gasteiger partial charge in [0.1, 0.15) is 0 Å². The van der Waals surface area contributed by atoms with E-state index >= 15 is 0 Å². The summed E-state index contributed by atoms with van der Waals surface area (Å²) in [6.07, 6.45) is 13.1. The Balaban J connectivity index is 2.04. The minimum Gasteiger partial charge on any atom is -0.504 e. The molecule has 0 spiro atoms. The van der Waals surface area contributed by atoms with Crippen LogP contribution in [0.5, 0.6) is 11.5 Å². The number of phenols is 2. The zero-order valence-corrected chi connectivity index (χ0v) is 12.8. The molecule has 0 bridgehead atoms. The number of phenolic OH excluding ortho intramolecular Hbond substituents is 2. The third-order valence-electron chi connectivity index (χ3n) is 4.57. The topological polar surface area (TPSA) is 43.7 Å². The predicted octanol–water partition coefficient (Wildman–Crippen LogP) is 4.15. The van der Waals surface area contributed by atoms with Crippen LogP contribution < -0.4 is 0 Å². The zero-order chi connectivity index (χ0) is 15.5. The molecule has 3 rings (SSSR count). The van der Waals surface area contributed by atoms with E-state index in [0.29, 0.717) is 0 Å². The lowest BCUT2D eigenvalue weighted by molar-refractivity contribution is 0.390. The van der Waals surface area contributed by atoms with Crippen molar-refractivity contribution in [1.82, 2.24) is 4.90 Å². The van der Waals surface area contributed by atoms with E-state index in [2.05, 4.69) is 23.8 Å². The van der Waals surface area contributed by atoms with Crippen LogP contribution >= 0.6 is 0 Å². The Bertz CT molecular complexity index is 631. The van der Waals surface area contributed by atoms with Gasteiger partial charge in [0.2, 0.25) is 0 Å². The molecule has 1 aliphatic heterocycles. The van der Waals surface area contributed by atoms with Crippen LogP contribution in [0, 0.1) is 0 Å². The van der Waals surface area contributed by atoms with Gasteiger partial charge in [-0.05, 0) is 61.2 Å². The first-order valence-corrected chi connectivity index (χ1v) is 7.97. The highest BCUT2D eigenvalue weighted by Gasteiger charge is 2.25. The maximum absolute atomic E-state index is 9.93. The van der Waals surface area contributed by atoms with Crippen molar-refractivity contribution in [3.63, 3.8) is 0 Å². The summed E-state index contributed by atoms with van der Waals surface area (Å²) in [5, 5.41) is 19.7. The van der Waals surface area contributed by atoms with Crippen molar-refractivity contribution in [3.05, 3.63) is 53.8 Å². The molecular formula is C19H23NO2. The number of allylic oxidation sites excluding steroid dienone is 1. The van der Waals surface area contributed by atoms with E-state index in [1.54, 1.807) is 12.1 Å². The summed E-state index contributed by atoms with van der Waals surface area (Å²) in [4.78, 5) is 2.24. The van der Waals surface area contributed by atoms with Gasteiger partial charge in [0.15, 0.2) is 11.5 Å². The fourth-order valence-corrected chi connectivity index (χ4v) is 3.43. The summed E-state index contributed by atoms with van der Waals surface area (Å²) in [5.74, 6) is 0.166. The maximum Gasteiger partial charge on any atom is 0.158 e. The molecule has 0 aromatic heterocycles. The monoisotopic (exact) mass is 297 g/mol. The first-order chi connectivity index (χ1) is 10.7. The third-order valence-corrected chi connectivity index (χ3v) is 4.57. The van der Waals surface area contributed by atoms with Crippen molar-refractivity contribution in [2.45, 2.75) is 31.6 Å². The molecule has 1 aromatic rings. The summed E-state index contributed by atoms with van der Waals surface area (Å²) in [5.41, 5.74) is 3.54. The van der Waals surface area contributed by atoms with Crippen LogP contribution in [-0.4, -0.2) is 28.2 Å². The molecule has 1 unspecified atom stereocenters. The van der Waals surface area contributed by atoms with Crippen molar-refractivity contribution < 1.29 is 10.2 Å². The second-order valence-corrected chi connectivity index (χ2v) is 6.11. The lowest BCUT2D eigenvalue weighted by atomic mass is 9.82. The number of aromatic hydroxyl groups is 2. The lowest BCUT2D eigenvalue weighted by Crippen LogP contribution is -2.24. The largest absolute Gasteiger partial charge is 0.504 e. The highest BCUT2D eigenvalue weighted by molar-refractivity contribution is 5.62. The number of hydrogen-bond donors (Lipinski definition) is 2. The van der Waals surface area contributed by atoms with Crippen LogP contribution in [0.25, 0.3) is 6.08 Å². The first-order valence-electron chi connectivity index (χ1n) is 7.97. The average molecular weight is 297 g/mol. The molecule has 0 amide bonds. The second kappa shape index (κ2) is 6.30. The van der Waals surface area contributed by atoms with Gasteiger partial charge < -0.3 is 15.1 Å². The van der Waals surface area contributed by atoms with Gasteiger partial charge in [0, 0.05) is 19.0 Å². The number of rotatable bonds is 3. The normalized spacial score (nSPS) is 21.0. The number of nitrogens with zero attached hydrogens (tertiary/aromatic N) is 1. The number of benzene rings is 1. The van der Waals surface area contributed by atoms with Gasteiger partial charge in [-0.25, -0.2) is 0 Å². The Morgan fingerprint density at radius 3 is 2.77 bits per heavy atom. The number of fused-ring (bicyclic) bond motifs is 1. The second-order valence-electron chi connectivity index (χ2n) is 6.11. The van der Waals surface area contributed by atoms with Crippen LogP contribution in [0.3, 0.4) is 0 Å². The molecular weight excluding hydrogens is 274 g/mol. The van der Waals surface area contributed by atoms with E-state index in [9.17, 15) is 10.2 Å². The molecule has 1 atom stereocenters. The van der Waals surface area contributed by atoms with Gasteiger partial charge >= 0.3 is 0 Å². The van der Waals surface area contributed by atoms with Gasteiger partial charge in [-0.2, -0.15) is 0 Å². The molecule has 0 saturated heterocycles. The van der Waals surface area contributed by atoms with Crippen LogP contribution in [0.4, 0.5) is 0 Å². The fourth-order valence-electron chi connectivity index (χ4n) is 3.43. The van der Waals surface area contributed by atoms with Gasteiger partial charge in [-0.1, -0.05) is 17.7 Å². The van der Waals surface area contributed by atoms with Crippen molar-refractivity contribution >= 4 is 6.08 Å². The van der Waals surface area contributed by atoms with Crippen LogP contribution in [-0.2, 0) is 0 Å². The number of hydrogen-bond acceptors (Lipinski definition) is 3. The standard InChI is InChI=1S/C19H23NO2/c1-2-9-20-10-8-15-11-18(21)19(22)12-16(15)17(13-20)14-6-4-3-5-7-14/h2,6,8,10-12,17,21-22H,1,3-5,7,9,13H2. The molecule has 0 radical (unpaired) electrons. The summed E-state index contributed by atoms with van der Waals surface area (Å²) in [6.45, 7) is 5.51. The summed E-state index contributed by atoms with van der Waals surface area (Å²) >= 11 is 0. The molecule has 2 aliphatic rings. The van der Waals surface area contributed by atoms with Crippen LogP contribution in [0.2, 0.25) is 0 Å². The fraction of sp³-hybridized carbons (Fsp3) is 0.368. The van der Waals surface area contributed by atoms with Gasteiger partial charge in [-0.3, -0.25) is 0 Å². The Labute approximate surface area is 131 Å². The first kappa shape index (κ1) is 14.8. The molecule has 22 heavy (non-hydrogen) atoms. The Morgan fingerprint density at radius 1 is 1.23 bits per heavy atom. The van der Waals surface area contributed by atoms with E-state index in [1.165, 1.54) is 18.4 Å². The smallest absolute Gasteiger partial charge is 0.158 e. The van der Waals surface area contributed by atoms with Crippen molar-refractivity contribution in [2.75, 3.05) is 13.1 Å². The molecule has 116 valence electrons. The Kier molecular flexibility index (Phi) is 4.23. The van der Waals surface area contributed by atoms with Crippen LogP contribution in [0.1, 0.15) is 42.7 Å². The molecule has 1 heterocycles. The minimum absolute atomic E-state index is 0.0364. The van der Waals surface area contributed by atoms with E-state index < -0.39 is 0 Å². The molecule has 3 nitrogen and oxygen atoms in total. The van der Waals surface area contributed by atoms with Crippen LogP contribution in [0.15, 0.2) is 42.6 Å². The van der Waals surface area contributed by atoms with Gasteiger partial charge in [-0.15, -0.1) is 6.58 Å². The molecule has 2 N–H and O–H groups in total. The molecule has 0 fully saturated rings. The molecule has 1 aliphatic carbocycles. The highest BCUT2D eigenvalue weighted by atomic mass is 16.3. The molecule has 3 heteroatoms. The minimum atomic E-state index is -0.0584. The van der Waals surface area contributed by atoms with Crippen molar-refractivity contribution in [3.8, 4) is 11.5 Å². The molecule has 1 aromatic carbocycles. The van der Waals surface area contributed by atoms with E-state index in [0.717, 1.165) is 37.1 Å².